The molecule has 2 nitrogen and oxygen atoms in total. The van der Waals surface area contributed by atoms with Gasteiger partial charge in [0.1, 0.15) is 0 Å². The summed E-state index contributed by atoms with van der Waals surface area (Å²) in [7, 11) is 1.85. The van der Waals surface area contributed by atoms with Gasteiger partial charge in [-0.05, 0) is 47.2 Å². The number of likely N-dealkylation sites (N-methyl/N-ethyl adjacent to an activating group) is 1. The molecule has 0 aliphatic rings. The van der Waals surface area contributed by atoms with Gasteiger partial charge < -0.3 is 4.90 Å². The smallest absolute Gasteiger partial charge is 0.253 e. The molecule has 0 radical (unpaired) electrons. The molecule has 0 spiro atoms. The number of carbonyl (C=O) groups is 1. The van der Waals surface area contributed by atoms with Gasteiger partial charge in [-0.15, -0.1) is 0 Å². The van der Waals surface area contributed by atoms with E-state index in [1.807, 2.05) is 49.5 Å². The van der Waals surface area contributed by atoms with Crippen LogP contribution in [0.4, 0.5) is 0 Å². The molecular formula is C22H27Cl2NO. The Hall–Kier alpha value is -1.51. The number of amides is 1. The number of halogens is 2. The third-order valence-electron chi connectivity index (χ3n) is 4.75. The lowest BCUT2D eigenvalue weighted by Gasteiger charge is -2.25. The highest BCUT2D eigenvalue weighted by Gasteiger charge is 2.19. The maximum Gasteiger partial charge on any atom is 0.253 e. The second-order valence-electron chi connectivity index (χ2n) is 7.79. The second kappa shape index (κ2) is 8.45. The third-order valence-corrected chi connectivity index (χ3v) is 5.49. The van der Waals surface area contributed by atoms with Gasteiger partial charge in [0, 0.05) is 25.1 Å². The molecule has 0 aliphatic heterocycles. The quantitative estimate of drug-likeness (QED) is 0.565. The van der Waals surface area contributed by atoms with Crippen LogP contribution >= 0.6 is 23.2 Å². The molecule has 0 heterocycles. The van der Waals surface area contributed by atoms with E-state index in [9.17, 15) is 4.79 Å². The van der Waals surface area contributed by atoms with Crippen molar-refractivity contribution in [2.24, 2.45) is 0 Å². The molecule has 0 bridgehead atoms. The zero-order valence-corrected chi connectivity index (χ0v) is 17.7. The van der Waals surface area contributed by atoms with Crippen molar-refractivity contribution in [2.45, 2.75) is 45.4 Å². The Morgan fingerprint density at radius 2 is 1.65 bits per heavy atom. The maximum absolute atomic E-state index is 12.8. The summed E-state index contributed by atoms with van der Waals surface area (Å²) in [6, 6.07) is 13.6. The molecule has 0 unspecified atom stereocenters. The highest BCUT2D eigenvalue weighted by molar-refractivity contribution is 6.42. The fourth-order valence-corrected chi connectivity index (χ4v) is 3.29. The Labute approximate surface area is 167 Å². The molecule has 2 rings (SSSR count). The Bertz CT molecular complexity index is 763. The first-order valence-electron chi connectivity index (χ1n) is 8.94. The fraction of sp³-hybridized carbons (Fsp3) is 0.409. The van der Waals surface area contributed by atoms with Crippen LogP contribution < -0.4 is 0 Å². The second-order valence-corrected chi connectivity index (χ2v) is 8.61. The van der Waals surface area contributed by atoms with Crippen molar-refractivity contribution in [3.63, 3.8) is 0 Å². The average molecular weight is 392 g/mol. The minimum Gasteiger partial charge on any atom is -0.341 e. The Morgan fingerprint density at radius 3 is 2.15 bits per heavy atom. The van der Waals surface area contributed by atoms with Gasteiger partial charge in [0.15, 0.2) is 0 Å². The number of rotatable bonds is 5. The molecule has 0 saturated heterocycles. The van der Waals surface area contributed by atoms with Crippen LogP contribution in [0.25, 0.3) is 0 Å². The van der Waals surface area contributed by atoms with E-state index in [1.165, 1.54) is 5.56 Å². The van der Waals surface area contributed by atoms with E-state index in [0.717, 1.165) is 12.0 Å². The summed E-state index contributed by atoms with van der Waals surface area (Å²) < 4.78 is 0. The van der Waals surface area contributed by atoms with Gasteiger partial charge >= 0.3 is 0 Å². The van der Waals surface area contributed by atoms with Crippen molar-refractivity contribution in [3.05, 3.63) is 69.2 Å². The average Bonchev–Trinajstić information content (AvgIpc) is 2.60. The van der Waals surface area contributed by atoms with Crippen LogP contribution in [0.2, 0.25) is 10.0 Å². The monoisotopic (exact) mass is 391 g/mol. The lowest BCUT2D eigenvalue weighted by molar-refractivity contribution is 0.0785. The zero-order valence-electron chi connectivity index (χ0n) is 16.1. The van der Waals surface area contributed by atoms with Crippen LogP contribution in [0.3, 0.4) is 0 Å². The number of carbonyl (C=O) groups excluding carboxylic acids is 1. The summed E-state index contributed by atoms with van der Waals surface area (Å²) in [6.45, 7) is 9.25. The first kappa shape index (κ1) is 20.8. The lowest BCUT2D eigenvalue weighted by Crippen LogP contribution is -2.31. The van der Waals surface area contributed by atoms with Gasteiger partial charge in [-0.25, -0.2) is 0 Å². The molecular weight excluding hydrogens is 365 g/mol. The molecule has 0 fully saturated rings. The molecule has 0 aromatic heterocycles. The van der Waals surface area contributed by atoms with Gasteiger partial charge in [-0.2, -0.15) is 0 Å². The third kappa shape index (κ3) is 5.02. The lowest BCUT2D eigenvalue weighted by atomic mass is 9.86. The number of benzene rings is 2. The van der Waals surface area contributed by atoms with Crippen molar-refractivity contribution in [2.75, 3.05) is 13.6 Å². The SMILES string of the molecule is CC[C@H](CN(C)C(=O)c1ccc(C(C)(C)C)cc1)c1ccc(Cl)c(Cl)c1. The zero-order chi connectivity index (χ0) is 19.5. The molecule has 4 heteroatoms. The molecule has 26 heavy (non-hydrogen) atoms. The van der Waals surface area contributed by atoms with Crippen LogP contribution in [0.1, 0.15) is 61.5 Å². The van der Waals surface area contributed by atoms with Crippen molar-refractivity contribution >= 4 is 29.1 Å². The summed E-state index contributed by atoms with van der Waals surface area (Å²) in [5.74, 6) is 0.247. The van der Waals surface area contributed by atoms with Crippen molar-refractivity contribution in [3.8, 4) is 0 Å². The molecule has 0 N–H and O–H groups in total. The van der Waals surface area contributed by atoms with Gasteiger partial charge in [0.25, 0.3) is 5.91 Å². The summed E-state index contributed by atoms with van der Waals surface area (Å²) in [4.78, 5) is 14.6. The molecule has 1 atom stereocenters. The Kier molecular flexibility index (Phi) is 6.76. The van der Waals surface area contributed by atoms with Crippen LogP contribution in [-0.4, -0.2) is 24.4 Å². The predicted octanol–water partition coefficient (Wildman–Crippen LogP) is 6.56. The minimum atomic E-state index is 0.0315. The van der Waals surface area contributed by atoms with Crippen LogP contribution in [-0.2, 0) is 5.41 Å². The highest BCUT2D eigenvalue weighted by Crippen LogP contribution is 2.29. The largest absolute Gasteiger partial charge is 0.341 e. The van der Waals surface area contributed by atoms with Gasteiger partial charge in [0.2, 0.25) is 0 Å². The Balaban J connectivity index is 2.12. The maximum atomic E-state index is 12.8. The van der Waals surface area contributed by atoms with E-state index in [0.29, 0.717) is 22.2 Å². The predicted molar refractivity (Wildman–Crippen MR) is 112 cm³/mol. The van der Waals surface area contributed by atoms with E-state index in [1.54, 1.807) is 4.90 Å². The molecule has 140 valence electrons. The van der Waals surface area contributed by atoms with Crippen molar-refractivity contribution in [1.82, 2.24) is 4.90 Å². The normalized spacial score (nSPS) is 12.7. The van der Waals surface area contributed by atoms with Gasteiger partial charge in [-0.1, -0.05) is 69.1 Å². The molecule has 0 saturated carbocycles. The highest BCUT2D eigenvalue weighted by atomic mass is 35.5. The van der Waals surface area contributed by atoms with Crippen LogP contribution in [0.15, 0.2) is 42.5 Å². The topological polar surface area (TPSA) is 20.3 Å². The first-order chi connectivity index (χ1) is 12.1. The molecule has 0 aliphatic carbocycles. The number of hydrogen-bond acceptors (Lipinski definition) is 1. The summed E-state index contributed by atoms with van der Waals surface area (Å²) in [5.41, 5.74) is 3.11. The van der Waals surface area contributed by atoms with E-state index >= 15 is 0 Å². The summed E-state index contributed by atoms with van der Waals surface area (Å²) in [5, 5.41) is 1.10. The first-order valence-corrected chi connectivity index (χ1v) is 9.70. The number of hydrogen-bond donors (Lipinski definition) is 0. The molecule has 2 aromatic rings. The van der Waals surface area contributed by atoms with Gasteiger partial charge in [-0.3, -0.25) is 4.79 Å². The minimum absolute atomic E-state index is 0.0315. The molecule has 2 aromatic carbocycles. The van der Waals surface area contributed by atoms with Crippen LogP contribution in [0, 0.1) is 0 Å². The molecule has 1 amide bonds. The van der Waals surface area contributed by atoms with Gasteiger partial charge in [0.05, 0.1) is 10.0 Å². The van der Waals surface area contributed by atoms with E-state index < -0.39 is 0 Å². The Morgan fingerprint density at radius 1 is 1.04 bits per heavy atom. The van der Waals surface area contributed by atoms with E-state index in [4.69, 9.17) is 23.2 Å². The fourth-order valence-electron chi connectivity index (χ4n) is 2.98. The van der Waals surface area contributed by atoms with E-state index in [-0.39, 0.29) is 17.2 Å². The summed E-state index contributed by atoms with van der Waals surface area (Å²) >= 11 is 12.2. The van der Waals surface area contributed by atoms with Crippen LogP contribution in [0.5, 0.6) is 0 Å². The number of nitrogens with zero attached hydrogens (tertiary/aromatic N) is 1. The standard InChI is InChI=1S/C22H27Cl2NO/c1-6-15(17-9-12-19(23)20(24)13-17)14-25(5)21(26)16-7-10-18(11-8-16)22(2,3)4/h7-13,15H,6,14H2,1-5H3/t15-/m1/s1. The van der Waals surface area contributed by atoms with E-state index in [2.05, 4.69) is 27.7 Å². The summed E-state index contributed by atoms with van der Waals surface area (Å²) in [6.07, 6.45) is 0.915. The van der Waals surface area contributed by atoms with Crippen molar-refractivity contribution in [1.29, 1.82) is 0 Å². The van der Waals surface area contributed by atoms with Crippen molar-refractivity contribution < 1.29 is 4.79 Å².